The van der Waals surface area contributed by atoms with Crippen molar-refractivity contribution in [3.63, 3.8) is 0 Å². The molecule has 28 heavy (non-hydrogen) atoms. The van der Waals surface area contributed by atoms with E-state index in [9.17, 15) is 8.42 Å². The molecule has 1 aliphatic rings. The molecule has 1 fully saturated rings. The van der Waals surface area contributed by atoms with Crippen molar-refractivity contribution < 1.29 is 8.42 Å². The fourth-order valence-electron chi connectivity index (χ4n) is 3.61. The Morgan fingerprint density at radius 1 is 0.857 bits per heavy atom. The molecule has 0 atom stereocenters. The first-order valence-electron chi connectivity index (χ1n) is 10.2. The summed E-state index contributed by atoms with van der Waals surface area (Å²) in [6.45, 7) is 2.36. The average Bonchev–Trinajstić information content (AvgIpc) is 2.69. The normalized spacial score (nSPS) is 15.1. The third-order valence-electron chi connectivity index (χ3n) is 5.04. The molecule has 0 spiro atoms. The first-order valence-corrected chi connectivity index (χ1v) is 12.2. The van der Waals surface area contributed by atoms with Gasteiger partial charge in [-0.05, 0) is 24.0 Å². The van der Waals surface area contributed by atoms with E-state index in [0.29, 0.717) is 0 Å². The molecule has 0 radical (unpaired) electrons. The lowest BCUT2D eigenvalue weighted by Crippen LogP contribution is -2.35. The predicted molar refractivity (Wildman–Crippen MR) is 118 cm³/mol. The zero-order valence-electron chi connectivity index (χ0n) is 17.0. The molecule has 2 N–H and O–H groups in total. The number of nitrogens with two attached hydrogens (primary N) is 1. The Balaban J connectivity index is 0.000000345. The van der Waals surface area contributed by atoms with Crippen molar-refractivity contribution in [2.75, 3.05) is 18.6 Å². The fourth-order valence-corrected chi connectivity index (χ4v) is 4.04. The molecule has 0 amide bonds. The van der Waals surface area contributed by atoms with Crippen LogP contribution in [0.25, 0.3) is 0 Å². The molecule has 3 rings (SSSR count). The summed E-state index contributed by atoms with van der Waals surface area (Å²) < 4.78 is 20.3. The molecule has 0 heterocycles. The molecule has 5 heteroatoms. The van der Waals surface area contributed by atoms with Gasteiger partial charge in [-0.25, -0.2) is 8.42 Å². The van der Waals surface area contributed by atoms with Crippen LogP contribution in [0.3, 0.4) is 0 Å². The summed E-state index contributed by atoms with van der Waals surface area (Å²) in [6.07, 6.45) is 8.09. The van der Waals surface area contributed by atoms with E-state index < -0.39 is 9.84 Å². The predicted octanol–water partition coefficient (Wildman–Crippen LogP) is 4.01. The zero-order chi connectivity index (χ0) is 20.2. The largest absolute Gasteiger partial charge is 0.329 e. The van der Waals surface area contributed by atoms with Gasteiger partial charge in [-0.15, -0.1) is 0 Å². The highest BCUT2D eigenvalue weighted by Gasteiger charge is 2.21. The van der Waals surface area contributed by atoms with Gasteiger partial charge in [0.15, 0.2) is 0 Å². The summed E-state index contributed by atoms with van der Waals surface area (Å²) in [7, 11) is -2.80. The minimum Gasteiger partial charge on any atom is -0.329 e. The van der Waals surface area contributed by atoms with Crippen molar-refractivity contribution in [1.29, 1.82) is 0 Å². The Bertz CT molecular complexity index is 716. The standard InChI is InChI=1S/C20H25N.C3H9NO2S/c1-4-10-18(11-5-1)16-21(20-14-8-3-9-15-20)17-19-12-6-2-7-13-19;1-7(5,6)3-2-4/h1-2,4-7,10-13,20H,3,8-9,14-17H2;2-4H2,1H3. The molecule has 1 aliphatic carbocycles. The highest BCUT2D eigenvalue weighted by atomic mass is 32.2. The van der Waals surface area contributed by atoms with Crippen LogP contribution in [0.4, 0.5) is 0 Å². The molecule has 0 bridgehead atoms. The van der Waals surface area contributed by atoms with Gasteiger partial charge in [0.2, 0.25) is 0 Å². The van der Waals surface area contributed by atoms with Crippen LogP contribution in [0.2, 0.25) is 0 Å². The Morgan fingerprint density at radius 2 is 1.32 bits per heavy atom. The lowest BCUT2D eigenvalue weighted by molar-refractivity contribution is 0.140. The number of hydrogen-bond donors (Lipinski definition) is 1. The molecule has 0 aliphatic heterocycles. The minimum atomic E-state index is -2.80. The van der Waals surface area contributed by atoms with Gasteiger partial charge >= 0.3 is 0 Å². The van der Waals surface area contributed by atoms with Gasteiger partial charge in [-0.3, -0.25) is 4.90 Å². The molecule has 0 unspecified atom stereocenters. The van der Waals surface area contributed by atoms with Gasteiger partial charge in [-0.2, -0.15) is 0 Å². The van der Waals surface area contributed by atoms with E-state index in [4.69, 9.17) is 5.73 Å². The third-order valence-corrected chi connectivity index (χ3v) is 6.01. The summed E-state index contributed by atoms with van der Waals surface area (Å²) in [5, 5.41) is 0. The molecule has 2 aromatic rings. The molecule has 4 nitrogen and oxygen atoms in total. The number of nitrogens with zero attached hydrogens (tertiary/aromatic N) is 1. The van der Waals surface area contributed by atoms with E-state index in [2.05, 4.69) is 65.6 Å². The molecule has 0 aromatic heterocycles. The Morgan fingerprint density at radius 3 is 1.68 bits per heavy atom. The van der Waals surface area contributed by atoms with Crippen LogP contribution in [-0.4, -0.2) is 37.9 Å². The van der Waals surface area contributed by atoms with Crippen molar-refractivity contribution in [3.05, 3.63) is 71.8 Å². The van der Waals surface area contributed by atoms with Crippen LogP contribution in [0, 0.1) is 0 Å². The second-order valence-electron chi connectivity index (χ2n) is 7.59. The first-order chi connectivity index (χ1) is 13.5. The number of sulfone groups is 1. The van der Waals surface area contributed by atoms with Crippen molar-refractivity contribution in [1.82, 2.24) is 4.90 Å². The number of rotatable bonds is 7. The van der Waals surface area contributed by atoms with Gasteiger partial charge < -0.3 is 5.73 Å². The Hall–Kier alpha value is -1.69. The van der Waals surface area contributed by atoms with Gasteiger partial charge in [0, 0.05) is 31.9 Å². The SMILES string of the molecule is CS(=O)(=O)CCN.c1ccc(CN(Cc2ccccc2)C2CCCCC2)cc1. The first kappa shape index (κ1) is 22.6. The summed E-state index contributed by atoms with van der Waals surface area (Å²) in [5.74, 6) is 0.0903. The smallest absolute Gasteiger partial charge is 0.148 e. The van der Waals surface area contributed by atoms with Crippen molar-refractivity contribution in [3.8, 4) is 0 Å². The quantitative estimate of drug-likeness (QED) is 0.760. The maximum absolute atomic E-state index is 10.2. The summed E-state index contributed by atoms with van der Waals surface area (Å²) in [4.78, 5) is 2.68. The van der Waals surface area contributed by atoms with Crippen LogP contribution < -0.4 is 5.73 Å². The van der Waals surface area contributed by atoms with Crippen LogP contribution in [0.15, 0.2) is 60.7 Å². The highest BCUT2D eigenvalue weighted by Crippen LogP contribution is 2.25. The molecule has 2 aromatic carbocycles. The van der Waals surface area contributed by atoms with Crippen molar-refractivity contribution in [2.24, 2.45) is 5.73 Å². The van der Waals surface area contributed by atoms with Gasteiger partial charge in [-0.1, -0.05) is 79.9 Å². The zero-order valence-corrected chi connectivity index (χ0v) is 17.8. The van der Waals surface area contributed by atoms with Gasteiger partial charge in [0.1, 0.15) is 9.84 Å². The second-order valence-corrected chi connectivity index (χ2v) is 9.85. The maximum atomic E-state index is 10.2. The Labute approximate surface area is 170 Å². The monoisotopic (exact) mass is 402 g/mol. The molecule has 0 saturated heterocycles. The van der Waals surface area contributed by atoms with Gasteiger partial charge in [0.25, 0.3) is 0 Å². The summed E-state index contributed by atoms with van der Waals surface area (Å²) in [5.41, 5.74) is 7.79. The lowest BCUT2D eigenvalue weighted by atomic mass is 9.93. The topological polar surface area (TPSA) is 63.4 Å². The fraction of sp³-hybridized carbons (Fsp3) is 0.478. The summed E-state index contributed by atoms with van der Waals surface area (Å²) in [6, 6.07) is 22.6. The van der Waals surface area contributed by atoms with E-state index in [1.54, 1.807) is 0 Å². The average molecular weight is 403 g/mol. The van der Waals surface area contributed by atoms with E-state index >= 15 is 0 Å². The van der Waals surface area contributed by atoms with Crippen molar-refractivity contribution in [2.45, 2.75) is 51.2 Å². The minimum absolute atomic E-state index is 0.0903. The van der Waals surface area contributed by atoms with Crippen LogP contribution in [0.1, 0.15) is 43.2 Å². The third kappa shape index (κ3) is 9.00. The molecule has 154 valence electrons. The highest BCUT2D eigenvalue weighted by molar-refractivity contribution is 7.90. The van der Waals surface area contributed by atoms with Crippen molar-refractivity contribution >= 4 is 9.84 Å². The van der Waals surface area contributed by atoms with Crippen LogP contribution in [0.5, 0.6) is 0 Å². The second kappa shape index (κ2) is 12.0. The van der Waals surface area contributed by atoms with Crippen LogP contribution >= 0.6 is 0 Å². The van der Waals surface area contributed by atoms with E-state index in [1.807, 2.05) is 0 Å². The molecular formula is C23H34N2O2S. The lowest BCUT2D eigenvalue weighted by Gasteiger charge is -2.34. The number of hydrogen-bond acceptors (Lipinski definition) is 4. The molecular weight excluding hydrogens is 368 g/mol. The molecule has 1 saturated carbocycles. The van der Waals surface area contributed by atoms with Crippen LogP contribution in [-0.2, 0) is 22.9 Å². The van der Waals surface area contributed by atoms with E-state index in [1.165, 1.54) is 49.5 Å². The Kier molecular flexibility index (Phi) is 9.68. The van der Waals surface area contributed by atoms with E-state index in [0.717, 1.165) is 19.1 Å². The number of benzene rings is 2. The van der Waals surface area contributed by atoms with Gasteiger partial charge in [0.05, 0.1) is 5.75 Å². The summed E-state index contributed by atoms with van der Waals surface area (Å²) >= 11 is 0. The maximum Gasteiger partial charge on any atom is 0.148 e. The van der Waals surface area contributed by atoms with E-state index in [-0.39, 0.29) is 12.3 Å².